The fraction of sp³-hybridized carbons (Fsp3) is 0.333. The second kappa shape index (κ2) is 6.37. The zero-order valence-electron chi connectivity index (χ0n) is 10.2. The topological polar surface area (TPSA) is 81.4 Å². The second-order valence-corrected chi connectivity index (χ2v) is 4.10. The van der Waals surface area contributed by atoms with E-state index >= 15 is 0 Å². The summed E-state index contributed by atoms with van der Waals surface area (Å²) in [7, 11) is 1.28. The van der Waals surface area contributed by atoms with E-state index in [0.717, 1.165) is 0 Å². The lowest BCUT2D eigenvalue weighted by molar-refractivity contribution is -0.117. The largest absolute Gasteiger partial charge is 0.465 e. The molecule has 0 aromatic heterocycles. The normalized spacial score (nSPS) is 11.8. The molecule has 0 saturated heterocycles. The van der Waals surface area contributed by atoms with Crippen molar-refractivity contribution < 1.29 is 14.3 Å². The molecule has 1 aromatic carbocycles. The van der Waals surface area contributed by atoms with Crippen LogP contribution in [0, 0.1) is 0 Å². The third-order valence-electron chi connectivity index (χ3n) is 2.42. The number of methoxy groups -OCH3 is 1. The van der Waals surface area contributed by atoms with Crippen molar-refractivity contribution in [2.75, 3.05) is 12.4 Å². The van der Waals surface area contributed by atoms with Crippen molar-refractivity contribution in [1.82, 2.24) is 0 Å². The van der Waals surface area contributed by atoms with Gasteiger partial charge in [-0.1, -0.05) is 18.5 Å². The quantitative estimate of drug-likeness (QED) is 0.818. The van der Waals surface area contributed by atoms with Crippen LogP contribution in [0.4, 0.5) is 5.69 Å². The molecule has 0 aliphatic rings. The molecule has 0 radical (unpaired) electrons. The van der Waals surface area contributed by atoms with Gasteiger partial charge in [0.15, 0.2) is 0 Å². The van der Waals surface area contributed by atoms with Crippen molar-refractivity contribution >= 4 is 29.2 Å². The lowest BCUT2D eigenvalue weighted by Gasteiger charge is -2.12. The van der Waals surface area contributed by atoms with E-state index in [4.69, 9.17) is 17.3 Å². The molecular formula is C12H15ClN2O3. The van der Waals surface area contributed by atoms with Crippen molar-refractivity contribution in [1.29, 1.82) is 0 Å². The minimum absolute atomic E-state index is 0.308. The summed E-state index contributed by atoms with van der Waals surface area (Å²) in [5.74, 6) is -0.844. The van der Waals surface area contributed by atoms with Gasteiger partial charge in [0.05, 0.1) is 29.4 Å². The first-order valence-electron chi connectivity index (χ1n) is 5.44. The van der Waals surface area contributed by atoms with Gasteiger partial charge in [-0.15, -0.1) is 0 Å². The maximum absolute atomic E-state index is 11.6. The van der Waals surface area contributed by atoms with Crippen LogP contribution in [0.3, 0.4) is 0 Å². The zero-order valence-corrected chi connectivity index (χ0v) is 11.0. The van der Waals surface area contributed by atoms with E-state index in [9.17, 15) is 9.59 Å². The Morgan fingerprint density at radius 2 is 2.17 bits per heavy atom. The van der Waals surface area contributed by atoms with Crippen molar-refractivity contribution in [3.8, 4) is 0 Å². The first kappa shape index (κ1) is 14.5. The predicted octanol–water partition coefficient (Wildman–Crippen LogP) is 1.80. The van der Waals surface area contributed by atoms with E-state index < -0.39 is 12.0 Å². The second-order valence-electron chi connectivity index (χ2n) is 3.69. The van der Waals surface area contributed by atoms with E-state index in [0.29, 0.717) is 22.7 Å². The standard InChI is InChI=1S/C12H15ClN2O3/c1-3-9(14)11(16)15-10-6-7(12(17)18-2)4-5-8(10)13/h4-6,9H,3,14H2,1-2H3,(H,15,16)/t9-/m0/s1. The molecule has 0 fully saturated rings. The maximum atomic E-state index is 11.6. The van der Waals surface area contributed by atoms with Crippen molar-refractivity contribution in [3.05, 3.63) is 28.8 Å². The highest BCUT2D eigenvalue weighted by molar-refractivity contribution is 6.33. The number of carbonyl (C=O) groups excluding carboxylic acids is 2. The Kier molecular flexibility index (Phi) is 5.12. The number of halogens is 1. The van der Waals surface area contributed by atoms with E-state index in [1.54, 1.807) is 6.92 Å². The predicted molar refractivity (Wildman–Crippen MR) is 69.7 cm³/mol. The lowest BCUT2D eigenvalue weighted by atomic mass is 10.2. The summed E-state index contributed by atoms with van der Waals surface area (Å²) in [6.45, 7) is 1.80. The van der Waals surface area contributed by atoms with Crippen molar-refractivity contribution in [2.45, 2.75) is 19.4 Å². The molecule has 0 bridgehead atoms. The Balaban J connectivity index is 2.94. The Morgan fingerprint density at radius 3 is 2.72 bits per heavy atom. The molecule has 1 rings (SSSR count). The van der Waals surface area contributed by atoms with Crippen LogP contribution in [-0.2, 0) is 9.53 Å². The van der Waals surface area contributed by atoms with Crippen LogP contribution in [0.5, 0.6) is 0 Å². The van der Waals surface area contributed by atoms with Crippen molar-refractivity contribution in [3.63, 3.8) is 0 Å². The molecule has 5 nitrogen and oxygen atoms in total. The van der Waals surface area contributed by atoms with Crippen LogP contribution >= 0.6 is 11.6 Å². The number of esters is 1. The number of nitrogens with two attached hydrogens (primary N) is 1. The van der Waals surface area contributed by atoms with Gasteiger partial charge in [-0.25, -0.2) is 4.79 Å². The first-order chi connectivity index (χ1) is 8.49. The molecule has 0 spiro atoms. The fourth-order valence-electron chi connectivity index (χ4n) is 1.28. The van der Waals surface area contributed by atoms with Crippen LogP contribution in [0.2, 0.25) is 5.02 Å². The molecule has 1 aromatic rings. The molecule has 0 unspecified atom stereocenters. The summed E-state index contributed by atoms with van der Waals surface area (Å²) in [5, 5.41) is 2.91. The van der Waals surface area contributed by atoms with Crippen LogP contribution in [-0.4, -0.2) is 25.0 Å². The van der Waals surface area contributed by atoms with Crippen LogP contribution in [0.15, 0.2) is 18.2 Å². The number of rotatable bonds is 4. The molecule has 0 saturated carbocycles. The van der Waals surface area contributed by atoms with Crippen LogP contribution in [0.1, 0.15) is 23.7 Å². The molecule has 3 N–H and O–H groups in total. The molecule has 1 amide bonds. The minimum Gasteiger partial charge on any atom is -0.465 e. The third-order valence-corrected chi connectivity index (χ3v) is 2.75. The minimum atomic E-state index is -0.608. The van der Waals surface area contributed by atoms with Gasteiger partial charge < -0.3 is 15.8 Å². The molecule has 6 heteroatoms. The maximum Gasteiger partial charge on any atom is 0.337 e. The van der Waals surface area contributed by atoms with Crippen molar-refractivity contribution in [2.24, 2.45) is 5.73 Å². The smallest absolute Gasteiger partial charge is 0.337 e. The molecule has 18 heavy (non-hydrogen) atoms. The van der Waals surface area contributed by atoms with E-state index in [1.165, 1.54) is 25.3 Å². The number of nitrogens with one attached hydrogen (secondary N) is 1. The lowest BCUT2D eigenvalue weighted by Crippen LogP contribution is -2.34. The number of hydrogen-bond donors (Lipinski definition) is 2. The first-order valence-corrected chi connectivity index (χ1v) is 5.81. The van der Waals surface area contributed by atoms with Gasteiger partial charge in [-0.2, -0.15) is 0 Å². The molecule has 0 aliphatic carbocycles. The third kappa shape index (κ3) is 3.45. The summed E-state index contributed by atoms with van der Waals surface area (Å²) in [6, 6.07) is 3.88. The number of anilines is 1. The summed E-state index contributed by atoms with van der Waals surface area (Å²) in [5.41, 5.74) is 6.24. The Labute approximate surface area is 110 Å². The van der Waals surface area contributed by atoms with E-state index in [2.05, 4.69) is 10.1 Å². The molecular weight excluding hydrogens is 256 g/mol. The Hall–Kier alpha value is -1.59. The van der Waals surface area contributed by atoms with Gasteiger partial charge >= 0.3 is 5.97 Å². The van der Waals surface area contributed by atoms with Gasteiger partial charge in [-0.05, 0) is 24.6 Å². The monoisotopic (exact) mass is 270 g/mol. The summed E-state index contributed by atoms with van der Waals surface area (Å²) >= 11 is 5.93. The highest BCUT2D eigenvalue weighted by atomic mass is 35.5. The SMILES string of the molecule is CC[C@H](N)C(=O)Nc1cc(C(=O)OC)ccc1Cl. The van der Waals surface area contributed by atoms with Crippen LogP contribution < -0.4 is 11.1 Å². The fourth-order valence-corrected chi connectivity index (χ4v) is 1.44. The number of carbonyl (C=O) groups is 2. The Morgan fingerprint density at radius 1 is 1.50 bits per heavy atom. The number of amides is 1. The number of hydrogen-bond acceptors (Lipinski definition) is 4. The highest BCUT2D eigenvalue weighted by Gasteiger charge is 2.14. The molecule has 0 heterocycles. The number of ether oxygens (including phenoxy) is 1. The van der Waals surface area contributed by atoms with E-state index in [1.807, 2.05) is 0 Å². The van der Waals surface area contributed by atoms with Gasteiger partial charge in [0, 0.05) is 0 Å². The molecule has 0 aliphatic heterocycles. The summed E-state index contributed by atoms with van der Waals surface area (Å²) in [4.78, 5) is 23.0. The average Bonchev–Trinajstić information content (AvgIpc) is 2.39. The summed E-state index contributed by atoms with van der Waals surface area (Å²) in [6.07, 6.45) is 0.514. The van der Waals surface area contributed by atoms with Crippen LogP contribution in [0.25, 0.3) is 0 Å². The van der Waals surface area contributed by atoms with Gasteiger partial charge in [0.2, 0.25) is 5.91 Å². The van der Waals surface area contributed by atoms with Gasteiger partial charge in [0.1, 0.15) is 0 Å². The van der Waals surface area contributed by atoms with Gasteiger partial charge in [0.25, 0.3) is 0 Å². The number of benzene rings is 1. The Bertz CT molecular complexity index is 463. The van der Waals surface area contributed by atoms with Gasteiger partial charge in [-0.3, -0.25) is 4.79 Å². The molecule has 1 atom stereocenters. The zero-order chi connectivity index (χ0) is 13.7. The average molecular weight is 271 g/mol. The highest BCUT2D eigenvalue weighted by Crippen LogP contribution is 2.23. The molecule has 98 valence electrons. The van der Waals surface area contributed by atoms with E-state index in [-0.39, 0.29) is 5.91 Å². The summed E-state index contributed by atoms with van der Waals surface area (Å²) < 4.78 is 4.59.